The molecular formula is C9H16S3. The number of allylic oxidation sites excluding steroid dienone is 1. The molecule has 0 spiro atoms. The maximum atomic E-state index is 3.90. The molecule has 0 radical (unpaired) electrons. The Kier molecular flexibility index (Phi) is 5.68. The molecule has 0 bridgehead atoms. The zero-order chi connectivity index (χ0) is 8.81. The van der Waals surface area contributed by atoms with E-state index in [1.54, 1.807) is 0 Å². The molecule has 1 heterocycles. The van der Waals surface area contributed by atoms with E-state index in [9.17, 15) is 0 Å². The van der Waals surface area contributed by atoms with E-state index < -0.39 is 0 Å². The van der Waals surface area contributed by atoms with E-state index in [0.29, 0.717) is 0 Å². The van der Waals surface area contributed by atoms with Gasteiger partial charge in [-0.1, -0.05) is 5.57 Å². The first kappa shape index (κ1) is 10.9. The average molecular weight is 220 g/mol. The minimum Gasteiger partial charge on any atom is -0.160 e. The van der Waals surface area contributed by atoms with Crippen LogP contribution in [0, 0.1) is 0 Å². The Morgan fingerprint density at radius 3 is 2.75 bits per heavy atom. The molecule has 0 saturated carbocycles. The van der Waals surface area contributed by atoms with Crippen LogP contribution in [0.5, 0.6) is 0 Å². The van der Waals surface area contributed by atoms with E-state index in [4.69, 9.17) is 0 Å². The van der Waals surface area contributed by atoms with Crippen molar-refractivity contribution in [2.24, 2.45) is 0 Å². The molecule has 3 heteroatoms. The molecule has 0 amide bonds. The van der Waals surface area contributed by atoms with E-state index in [1.807, 2.05) is 0 Å². The van der Waals surface area contributed by atoms with Crippen molar-refractivity contribution < 1.29 is 0 Å². The summed E-state index contributed by atoms with van der Waals surface area (Å²) in [7, 11) is 0. The predicted molar refractivity (Wildman–Crippen MR) is 65.5 cm³/mol. The molecule has 0 unspecified atom stereocenters. The van der Waals surface area contributed by atoms with Crippen molar-refractivity contribution in [2.45, 2.75) is 17.9 Å². The van der Waals surface area contributed by atoms with Crippen LogP contribution in [0.2, 0.25) is 0 Å². The molecule has 0 aliphatic carbocycles. The maximum Gasteiger partial charge on any atom is 0.0593 e. The van der Waals surface area contributed by atoms with E-state index in [-0.39, 0.29) is 0 Å². The second-order valence-corrected chi connectivity index (χ2v) is 7.02. The van der Waals surface area contributed by atoms with Crippen LogP contribution in [0.15, 0.2) is 12.2 Å². The smallest absolute Gasteiger partial charge is 0.0593 e. The Hall–Kier alpha value is 0.790. The first-order valence-electron chi connectivity index (χ1n) is 4.24. The van der Waals surface area contributed by atoms with Crippen LogP contribution in [-0.2, 0) is 0 Å². The molecule has 0 nitrogen and oxygen atoms in total. The maximum absolute atomic E-state index is 3.90. The van der Waals surface area contributed by atoms with Crippen molar-refractivity contribution in [3.05, 3.63) is 12.2 Å². The van der Waals surface area contributed by atoms with Gasteiger partial charge < -0.3 is 0 Å². The van der Waals surface area contributed by atoms with E-state index in [2.05, 4.69) is 48.8 Å². The van der Waals surface area contributed by atoms with Crippen LogP contribution in [0.4, 0.5) is 0 Å². The van der Waals surface area contributed by atoms with Crippen LogP contribution < -0.4 is 0 Å². The summed E-state index contributed by atoms with van der Waals surface area (Å²) in [6.45, 7) is 6.01. The summed E-state index contributed by atoms with van der Waals surface area (Å²) in [5.74, 6) is 5.29. The number of thioether (sulfide) groups is 3. The lowest BCUT2D eigenvalue weighted by Crippen LogP contribution is -1.96. The lowest BCUT2D eigenvalue weighted by Gasteiger charge is -2.06. The van der Waals surface area contributed by atoms with Crippen LogP contribution in [0.1, 0.15) is 13.3 Å². The fourth-order valence-corrected chi connectivity index (χ4v) is 5.39. The second kappa shape index (κ2) is 6.28. The van der Waals surface area contributed by atoms with Crippen LogP contribution in [0.3, 0.4) is 0 Å². The van der Waals surface area contributed by atoms with Gasteiger partial charge in [0.1, 0.15) is 0 Å². The third-order valence-electron chi connectivity index (χ3n) is 1.62. The predicted octanol–water partition coefficient (Wildman–Crippen LogP) is 3.49. The highest BCUT2D eigenvalue weighted by molar-refractivity contribution is 8.21. The third-order valence-corrected chi connectivity index (χ3v) is 6.13. The van der Waals surface area contributed by atoms with Crippen molar-refractivity contribution in [1.29, 1.82) is 0 Å². The van der Waals surface area contributed by atoms with Gasteiger partial charge >= 0.3 is 0 Å². The lowest BCUT2D eigenvalue weighted by atomic mass is 10.3. The van der Waals surface area contributed by atoms with Gasteiger partial charge in [-0.15, -0.1) is 30.1 Å². The molecule has 1 rings (SSSR count). The van der Waals surface area contributed by atoms with Crippen molar-refractivity contribution in [2.75, 3.05) is 23.0 Å². The molecule has 0 N–H and O–H groups in total. The van der Waals surface area contributed by atoms with Gasteiger partial charge in [0.05, 0.1) is 4.58 Å². The van der Waals surface area contributed by atoms with Crippen molar-refractivity contribution >= 4 is 35.3 Å². The normalized spacial score (nSPS) is 18.4. The molecule has 0 atom stereocenters. The largest absolute Gasteiger partial charge is 0.160 e. The summed E-state index contributed by atoms with van der Waals surface area (Å²) in [6, 6.07) is 0. The summed E-state index contributed by atoms with van der Waals surface area (Å²) in [5, 5.41) is 0. The Morgan fingerprint density at radius 1 is 1.50 bits per heavy atom. The topological polar surface area (TPSA) is 0 Å². The first-order valence-corrected chi connectivity index (χ1v) is 7.49. The van der Waals surface area contributed by atoms with Gasteiger partial charge in [-0.25, -0.2) is 0 Å². The van der Waals surface area contributed by atoms with Crippen molar-refractivity contribution in [3.63, 3.8) is 0 Å². The summed E-state index contributed by atoms with van der Waals surface area (Å²) in [6.07, 6.45) is 1.19. The van der Waals surface area contributed by atoms with Gasteiger partial charge in [0.15, 0.2) is 0 Å². The zero-order valence-corrected chi connectivity index (χ0v) is 9.99. The molecule has 70 valence electrons. The lowest BCUT2D eigenvalue weighted by molar-refractivity contribution is 1.12. The quantitative estimate of drug-likeness (QED) is 0.514. The number of hydrogen-bond donors (Lipinski definition) is 0. The zero-order valence-electron chi connectivity index (χ0n) is 7.54. The Morgan fingerprint density at radius 2 is 2.17 bits per heavy atom. The average Bonchev–Trinajstić information content (AvgIpc) is 2.49. The van der Waals surface area contributed by atoms with Gasteiger partial charge in [0.25, 0.3) is 0 Å². The van der Waals surface area contributed by atoms with Gasteiger partial charge in [-0.2, -0.15) is 11.8 Å². The van der Waals surface area contributed by atoms with Crippen molar-refractivity contribution in [3.8, 4) is 0 Å². The van der Waals surface area contributed by atoms with Gasteiger partial charge in [0, 0.05) is 17.3 Å². The number of hydrogen-bond acceptors (Lipinski definition) is 3. The summed E-state index contributed by atoms with van der Waals surface area (Å²) in [4.78, 5) is 0. The Balaban J connectivity index is 1.91. The summed E-state index contributed by atoms with van der Waals surface area (Å²) >= 11 is 6.32. The molecular weight excluding hydrogens is 204 g/mol. The van der Waals surface area contributed by atoms with E-state index in [1.165, 1.54) is 35.0 Å². The van der Waals surface area contributed by atoms with Gasteiger partial charge in [0.2, 0.25) is 0 Å². The summed E-state index contributed by atoms with van der Waals surface area (Å²) < 4.78 is 0.875. The second-order valence-electron chi connectivity index (χ2n) is 2.95. The summed E-state index contributed by atoms with van der Waals surface area (Å²) in [5.41, 5.74) is 1.31. The highest BCUT2D eigenvalue weighted by Crippen LogP contribution is 2.34. The van der Waals surface area contributed by atoms with Crippen LogP contribution in [-0.4, -0.2) is 27.6 Å². The molecule has 1 fully saturated rings. The Labute approximate surface area is 88.3 Å². The highest BCUT2D eigenvalue weighted by Gasteiger charge is 2.15. The molecule has 0 aromatic heterocycles. The minimum absolute atomic E-state index is 0.875. The molecule has 0 aromatic rings. The monoisotopic (exact) mass is 220 g/mol. The fourth-order valence-electron chi connectivity index (χ4n) is 0.929. The van der Waals surface area contributed by atoms with Gasteiger partial charge in [-0.3, -0.25) is 0 Å². The van der Waals surface area contributed by atoms with Crippen LogP contribution in [0.25, 0.3) is 0 Å². The molecule has 1 saturated heterocycles. The molecule has 1 aliphatic rings. The first-order chi connectivity index (χ1) is 5.79. The highest BCUT2D eigenvalue weighted by atomic mass is 32.2. The fraction of sp³-hybridized carbons (Fsp3) is 0.778. The molecule has 0 aromatic carbocycles. The van der Waals surface area contributed by atoms with E-state index in [0.717, 1.165) is 4.58 Å². The third kappa shape index (κ3) is 4.73. The van der Waals surface area contributed by atoms with Crippen LogP contribution >= 0.6 is 35.3 Å². The minimum atomic E-state index is 0.875. The van der Waals surface area contributed by atoms with Crippen molar-refractivity contribution in [1.82, 2.24) is 0 Å². The standard InChI is InChI=1S/C9H16S3/c1-8(2)3-4-10-7-9-11-5-6-12-9/h9H,1,3-7H2,2H3. The molecule has 12 heavy (non-hydrogen) atoms. The van der Waals surface area contributed by atoms with Gasteiger partial charge in [-0.05, 0) is 19.1 Å². The molecule has 1 aliphatic heterocycles. The number of rotatable bonds is 5. The van der Waals surface area contributed by atoms with E-state index >= 15 is 0 Å². The Bertz CT molecular complexity index is 139. The SMILES string of the molecule is C=C(C)CCSCC1SCCS1.